The first-order valence-corrected chi connectivity index (χ1v) is 6.83. The fourth-order valence-corrected chi connectivity index (χ4v) is 2.58. The topological polar surface area (TPSA) is 29.5 Å². The Balaban J connectivity index is 1.72. The summed E-state index contributed by atoms with van der Waals surface area (Å²) in [7, 11) is 0. The Morgan fingerprint density at radius 2 is 1.53 bits per heavy atom. The Kier molecular flexibility index (Phi) is 3.51. The third-order valence-electron chi connectivity index (χ3n) is 3.67. The molecule has 0 aliphatic heterocycles. The van der Waals surface area contributed by atoms with Gasteiger partial charge in [0.25, 0.3) is 0 Å². The summed E-state index contributed by atoms with van der Waals surface area (Å²) in [6, 6.07) is 18.4. The molecule has 0 radical (unpaired) electrons. The molecule has 2 heteroatoms. The second-order valence-electron chi connectivity index (χ2n) is 5.04. The lowest BCUT2D eigenvalue weighted by Gasteiger charge is -2.17. The summed E-state index contributed by atoms with van der Waals surface area (Å²) >= 11 is 0. The standard InChI is InChI=1S/C17H18O2/c18-16-7-4-8-17(16)19-15-11-9-14(10-12-15)13-5-2-1-3-6-13/h1-3,5-6,9-12,16-18H,4,7-8H2/t16-,17-/m0/s1. The first-order valence-electron chi connectivity index (χ1n) is 6.83. The molecule has 3 rings (SSSR count). The molecule has 0 heterocycles. The van der Waals surface area contributed by atoms with Crippen molar-refractivity contribution in [2.75, 3.05) is 0 Å². The van der Waals surface area contributed by atoms with Crippen molar-refractivity contribution in [1.29, 1.82) is 0 Å². The second-order valence-corrected chi connectivity index (χ2v) is 5.04. The van der Waals surface area contributed by atoms with E-state index in [2.05, 4.69) is 24.3 Å². The average Bonchev–Trinajstić information content (AvgIpc) is 2.86. The van der Waals surface area contributed by atoms with Crippen LogP contribution in [0.2, 0.25) is 0 Å². The van der Waals surface area contributed by atoms with Crippen molar-refractivity contribution in [2.45, 2.75) is 31.5 Å². The number of benzene rings is 2. The lowest BCUT2D eigenvalue weighted by molar-refractivity contribution is 0.0604. The number of ether oxygens (including phenoxy) is 1. The highest BCUT2D eigenvalue weighted by Crippen LogP contribution is 2.27. The van der Waals surface area contributed by atoms with Crippen molar-refractivity contribution in [2.24, 2.45) is 0 Å². The summed E-state index contributed by atoms with van der Waals surface area (Å²) in [6.45, 7) is 0. The summed E-state index contributed by atoms with van der Waals surface area (Å²) in [5, 5.41) is 9.76. The molecule has 2 nitrogen and oxygen atoms in total. The van der Waals surface area contributed by atoms with Gasteiger partial charge in [-0.2, -0.15) is 0 Å². The molecule has 0 aromatic heterocycles. The Morgan fingerprint density at radius 3 is 2.16 bits per heavy atom. The molecule has 2 aromatic rings. The normalized spacial score (nSPS) is 22.4. The fraction of sp³-hybridized carbons (Fsp3) is 0.294. The molecule has 1 fully saturated rings. The molecule has 2 atom stereocenters. The lowest BCUT2D eigenvalue weighted by Crippen LogP contribution is -2.25. The number of hydrogen-bond donors (Lipinski definition) is 1. The summed E-state index contributed by atoms with van der Waals surface area (Å²) in [6.07, 6.45) is 2.50. The van der Waals surface area contributed by atoms with Crippen LogP contribution in [0.15, 0.2) is 54.6 Å². The minimum Gasteiger partial charge on any atom is -0.488 e. The molecule has 1 aliphatic rings. The van der Waals surface area contributed by atoms with Crippen molar-refractivity contribution < 1.29 is 9.84 Å². The van der Waals surface area contributed by atoms with Gasteiger partial charge in [0.15, 0.2) is 0 Å². The fourth-order valence-electron chi connectivity index (χ4n) is 2.58. The van der Waals surface area contributed by atoms with Gasteiger partial charge in [-0.1, -0.05) is 42.5 Å². The van der Waals surface area contributed by atoms with Crippen LogP contribution < -0.4 is 4.74 Å². The molecule has 1 aliphatic carbocycles. The molecule has 0 saturated heterocycles. The van der Waals surface area contributed by atoms with Crippen molar-refractivity contribution >= 4 is 0 Å². The van der Waals surface area contributed by atoms with E-state index in [-0.39, 0.29) is 12.2 Å². The Bertz CT molecular complexity index is 519. The number of aliphatic hydroxyl groups is 1. The van der Waals surface area contributed by atoms with Crippen LogP contribution in [0.3, 0.4) is 0 Å². The van der Waals surface area contributed by atoms with E-state index < -0.39 is 0 Å². The molecule has 0 amide bonds. The van der Waals surface area contributed by atoms with Crippen LogP contribution >= 0.6 is 0 Å². The van der Waals surface area contributed by atoms with Gasteiger partial charge in [0.1, 0.15) is 11.9 Å². The quantitative estimate of drug-likeness (QED) is 0.906. The predicted molar refractivity (Wildman–Crippen MR) is 76.2 cm³/mol. The Hall–Kier alpha value is -1.80. The monoisotopic (exact) mass is 254 g/mol. The summed E-state index contributed by atoms with van der Waals surface area (Å²) < 4.78 is 5.83. The zero-order chi connectivity index (χ0) is 13.1. The van der Waals surface area contributed by atoms with Crippen LogP contribution in [-0.2, 0) is 0 Å². The minimum absolute atomic E-state index is 0.0393. The van der Waals surface area contributed by atoms with Crippen LogP contribution in [0.25, 0.3) is 11.1 Å². The molecule has 19 heavy (non-hydrogen) atoms. The van der Waals surface area contributed by atoms with Crippen LogP contribution in [0, 0.1) is 0 Å². The third kappa shape index (κ3) is 2.79. The van der Waals surface area contributed by atoms with E-state index in [1.807, 2.05) is 30.3 Å². The van der Waals surface area contributed by atoms with E-state index in [4.69, 9.17) is 4.74 Å². The first-order chi connectivity index (χ1) is 9.33. The van der Waals surface area contributed by atoms with E-state index >= 15 is 0 Å². The maximum absolute atomic E-state index is 9.76. The van der Waals surface area contributed by atoms with Gasteiger partial charge < -0.3 is 9.84 Å². The van der Waals surface area contributed by atoms with Crippen molar-refractivity contribution in [1.82, 2.24) is 0 Å². The zero-order valence-corrected chi connectivity index (χ0v) is 10.8. The van der Waals surface area contributed by atoms with Crippen LogP contribution in [0.5, 0.6) is 5.75 Å². The van der Waals surface area contributed by atoms with Crippen LogP contribution in [0.4, 0.5) is 0 Å². The van der Waals surface area contributed by atoms with Crippen LogP contribution in [-0.4, -0.2) is 17.3 Å². The molecular weight excluding hydrogens is 236 g/mol. The third-order valence-corrected chi connectivity index (χ3v) is 3.67. The van der Waals surface area contributed by atoms with Gasteiger partial charge in [-0.25, -0.2) is 0 Å². The average molecular weight is 254 g/mol. The Morgan fingerprint density at radius 1 is 0.842 bits per heavy atom. The molecule has 1 saturated carbocycles. The number of aliphatic hydroxyl groups excluding tert-OH is 1. The van der Waals surface area contributed by atoms with Crippen molar-refractivity contribution in [3.05, 3.63) is 54.6 Å². The Labute approximate surface area is 113 Å². The van der Waals surface area contributed by atoms with Gasteiger partial charge >= 0.3 is 0 Å². The molecule has 2 aromatic carbocycles. The van der Waals surface area contributed by atoms with E-state index in [1.165, 1.54) is 11.1 Å². The molecule has 0 bridgehead atoms. The molecular formula is C17H18O2. The van der Waals surface area contributed by atoms with E-state index in [9.17, 15) is 5.11 Å². The smallest absolute Gasteiger partial charge is 0.124 e. The van der Waals surface area contributed by atoms with Gasteiger partial charge in [-0.15, -0.1) is 0 Å². The molecule has 0 unspecified atom stereocenters. The molecule has 98 valence electrons. The van der Waals surface area contributed by atoms with Gasteiger partial charge in [-0.05, 0) is 42.5 Å². The van der Waals surface area contributed by atoms with Gasteiger partial charge in [0.05, 0.1) is 6.10 Å². The maximum atomic E-state index is 9.76. The van der Waals surface area contributed by atoms with Gasteiger partial charge in [-0.3, -0.25) is 0 Å². The number of hydrogen-bond acceptors (Lipinski definition) is 2. The SMILES string of the molecule is O[C@H]1CCC[C@@H]1Oc1ccc(-c2ccccc2)cc1. The highest BCUT2D eigenvalue weighted by Gasteiger charge is 2.26. The lowest BCUT2D eigenvalue weighted by atomic mass is 10.1. The predicted octanol–water partition coefficient (Wildman–Crippen LogP) is 3.65. The summed E-state index contributed by atoms with van der Waals surface area (Å²) in [5.41, 5.74) is 2.38. The van der Waals surface area contributed by atoms with E-state index in [0.717, 1.165) is 25.0 Å². The molecule has 1 N–H and O–H groups in total. The van der Waals surface area contributed by atoms with E-state index in [0.29, 0.717) is 0 Å². The highest BCUT2D eigenvalue weighted by molar-refractivity contribution is 5.63. The molecule has 0 spiro atoms. The second kappa shape index (κ2) is 5.45. The van der Waals surface area contributed by atoms with Gasteiger partial charge in [0, 0.05) is 0 Å². The number of rotatable bonds is 3. The van der Waals surface area contributed by atoms with E-state index in [1.54, 1.807) is 0 Å². The highest BCUT2D eigenvalue weighted by atomic mass is 16.5. The van der Waals surface area contributed by atoms with Crippen molar-refractivity contribution in [3.63, 3.8) is 0 Å². The largest absolute Gasteiger partial charge is 0.488 e. The minimum atomic E-state index is -0.311. The summed E-state index contributed by atoms with van der Waals surface area (Å²) in [4.78, 5) is 0. The van der Waals surface area contributed by atoms with Crippen molar-refractivity contribution in [3.8, 4) is 16.9 Å². The van der Waals surface area contributed by atoms with Gasteiger partial charge in [0.2, 0.25) is 0 Å². The maximum Gasteiger partial charge on any atom is 0.124 e. The summed E-state index contributed by atoms with van der Waals surface area (Å²) in [5.74, 6) is 0.839. The van der Waals surface area contributed by atoms with Crippen LogP contribution in [0.1, 0.15) is 19.3 Å². The first kappa shape index (κ1) is 12.2. The zero-order valence-electron chi connectivity index (χ0n) is 10.8.